The van der Waals surface area contributed by atoms with E-state index in [2.05, 4.69) is 4.98 Å². The lowest BCUT2D eigenvalue weighted by Crippen LogP contribution is -2.20. The number of nitrogens with two attached hydrogens (primary N) is 1. The highest BCUT2D eigenvalue weighted by atomic mass is 19.1. The van der Waals surface area contributed by atoms with Crippen molar-refractivity contribution in [2.75, 3.05) is 0 Å². The van der Waals surface area contributed by atoms with E-state index in [1.807, 2.05) is 0 Å². The first-order chi connectivity index (χ1) is 7.09. The molecule has 1 atom stereocenters. The smallest absolute Gasteiger partial charge is 0.325 e. The second-order valence-electron chi connectivity index (χ2n) is 3.25. The van der Waals surface area contributed by atoms with E-state index in [4.69, 9.17) is 10.8 Å². The van der Waals surface area contributed by atoms with Gasteiger partial charge in [0.25, 0.3) is 0 Å². The summed E-state index contributed by atoms with van der Waals surface area (Å²) in [5.74, 6) is -1.49. The molecule has 0 saturated heterocycles. The average Bonchev–Trinajstić information content (AvgIpc) is 2.59. The van der Waals surface area contributed by atoms with Crippen LogP contribution in [0.5, 0.6) is 0 Å². The summed E-state index contributed by atoms with van der Waals surface area (Å²) in [7, 11) is 0. The molecule has 4 nitrogen and oxygen atoms in total. The summed E-state index contributed by atoms with van der Waals surface area (Å²) >= 11 is 0. The van der Waals surface area contributed by atoms with Gasteiger partial charge in [0.05, 0.1) is 0 Å². The van der Waals surface area contributed by atoms with Crippen molar-refractivity contribution < 1.29 is 14.3 Å². The molecule has 78 valence electrons. The van der Waals surface area contributed by atoms with E-state index in [1.165, 1.54) is 24.4 Å². The van der Waals surface area contributed by atoms with Crippen molar-refractivity contribution in [1.29, 1.82) is 0 Å². The third-order valence-electron chi connectivity index (χ3n) is 2.28. The van der Waals surface area contributed by atoms with Crippen LogP contribution in [0.1, 0.15) is 11.6 Å². The predicted octanol–water partition coefficient (Wildman–Crippen LogP) is 1.39. The van der Waals surface area contributed by atoms with Gasteiger partial charge in [0.2, 0.25) is 0 Å². The number of carbonyl (C=O) groups is 1. The minimum atomic E-state index is -1.11. The molecule has 1 aromatic heterocycles. The molecule has 0 bridgehead atoms. The van der Waals surface area contributed by atoms with Gasteiger partial charge in [0.15, 0.2) is 0 Å². The highest BCUT2D eigenvalue weighted by Gasteiger charge is 2.18. The number of rotatable bonds is 2. The number of hydrogen-bond donors (Lipinski definition) is 3. The maximum Gasteiger partial charge on any atom is 0.325 e. The molecule has 0 amide bonds. The van der Waals surface area contributed by atoms with Gasteiger partial charge in [-0.25, -0.2) is 4.39 Å². The quantitative estimate of drug-likeness (QED) is 0.697. The molecule has 0 fully saturated rings. The number of aliphatic carboxylic acids is 1. The van der Waals surface area contributed by atoms with Gasteiger partial charge in [-0.1, -0.05) is 0 Å². The lowest BCUT2D eigenvalue weighted by Gasteiger charge is -2.03. The number of H-pyrrole nitrogens is 1. The highest BCUT2D eigenvalue weighted by molar-refractivity contribution is 5.88. The van der Waals surface area contributed by atoms with E-state index < -0.39 is 12.0 Å². The van der Waals surface area contributed by atoms with Gasteiger partial charge >= 0.3 is 5.97 Å². The Morgan fingerprint density at radius 1 is 1.53 bits per heavy atom. The Balaban J connectivity index is 2.59. The van der Waals surface area contributed by atoms with E-state index in [1.54, 1.807) is 0 Å². The number of nitrogens with one attached hydrogen (secondary N) is 1. The fraction of sp³-hybridized carbons (Fsp3) is 0.100. The number of halogens is 1. The van der Waals surface area contributed by atoms with Crippen LogP contribution < -0.4 is 5.73 Å². The number of hydrogen-bond acceptors (Lipinski definition) is 2. The van der Waals surface area contributed by atoms with Crippen molar-refractivity contribution in [3.8, 4) is 0 Å². The van der Waals surface area contributed by atoms with E-state index in [0.717, 1.165) is 0 Å². The Labute approximate surface area is 84.5 Å². The van der Waals surface area contributed by atoms with Crippen molar-refractivity contribution in [2.24, 2.45) is 5.73 Å². The molecule has 0 unspecified atom stereocenters. The molecule has 15 heavy (non-hydrogen) atoms. The van der Waals surface area contributed by atoms with Gasteiger partial charge in [0.1, 0.15) is 11.9 Å². The average molecular weight is 208 g/mol. The summed E-state index contributed by atoms with van der Waals surface area (Å²) in [6.45, 7) is 0. The largest absolute Gasteiger partial charge is 0.480 e. The second kappa shape index (κ2) is 3.36. The zero-order chi connectivity index (χ0) is 11.0. The van der Waals surface area contributed by atoms with Crippen LogP contribution in [0.2, 0.25) is 0 Å². The fourth-order valence-corrected chi connectivity index (χ4v) is 1.51. The van der Waals surface area contributed by atoms with Gasteiger partial charge in [-0.15, -0.1) is 0 Å². The molecule has 0 saturated carbocycles. The zero-order valence-corrected chi connectivity index (χ0v) is 7.70. The molecule has 0 radical (unpaired) electrons. The van der Waals surface area contributed by atoms with Gasteiger partial charge in [0, 0.05) is 22.7 Å². The molecule has 0 aliphatic carbocycles. The van der Waals surface area contributed by atoms with E-state index in [9.17, 15) is 9.18 Å². The Hall–Kier alpha value is -1.88. The first kappa shape index (κ1) is 9.67. The molecule has 2 rings (SSSR count). The lowest BCUT2D eigenvalue weighted by molar-refractivity contribution is -0.138. The van der Waals surface area contributed by atoms with Gasteiger partial charge in [-0.2, -0.15) is 0 Å². The summed E-state index contributed by atoms with van der Waals surface area (Å²) in [5, 5.41) is 9.39. The van der Waals surface area contributed by atoms with Crippen LogP contribution >= 0.6 is 0 Å². The molecule has 5 heteroatoms. The first-order valence-corrected chi connectivity index (χ1v) is 4.34. The number of aromatic nitrogens is 1. The lowest BCUT2D eigenvalue weighted by atomic mass is 10.1. The molecule has 2 aromatic rings. The summed E-state index contributed by atoms with van der Waals surface area (Å²) < 4.78 is 12.8. The second-order valence-corrected chi connectivity index (χ2v) is 3.25. The summed E-state index contributed by atoms with van der Waals surface area (Å²) in [6, 6.07) is 2.99. The zero-order valence-electron chi connectivity index (χ0n) is 7.70. The molecule has 0 aliphatic rings. The van der Waals surface area contributed by atoms with Gasteiger partial charge in [-0.05, 0) is 18.2 Å². The molecule has 4 N–H and O–H groups in total. The summed E-state index contributed by atoms with van der Waals surface area (Å²) in [4.78, 5) is 13.5. The number of aromatic amines is 1. The Bertz CT molecular complexity index is 521. The molecule has 1 heterocycles. The highest BCUT2D eigenvalue weighted by Crippen LogP contribution is 2.23. The van der Waals surface area contributed by atoms with Crippen LogP contribution in [0.15, 0.2) is 24.4 Å². The molecule has 0 spiro atoms. The van der Waals surface area contributed by atoms with Crippen LogP contribution in [0, 0.1) is 5.82 Å². The Morgan fingerprint density at radius 3 is 2.93 bits per heavy atom. The minimum Gasteiger partial charge on any atom is -0.480 e. The summed E-state index contributed by atoms with van der Waals surface area (Å²) in [6.07, 6.45) is 1.49. The standard InChI is InChI=1S/C10H9FN2O2/c11-5-1-2-6-7(9(12)10(14)15)4-13-8(6)3-5/h1-4,9,13H,12H2,(H,14,15)/t9-/m1/s1. The summed E-state index contributed by atoms with van der Waals surface area (Å²) in [5.41, 5.74) is 6.47. The Kier molecular flexibility index (Phi) is 2.17. The topological polar surface area (TPSA) is 79.1 Å². The van der Waals surface area contributed by atoms with E-state index in [-0.39, 0.29) is 5.82 Å². The predicted molar refractivity (Wildman–Crippen MR) is 52.8 cm³/mol. The van der Waals surface area contributed by atoms with Crippen LogP contribution in [0.4, 0.5) is 4.39 Å². The molecular formula is C10H9FN2O2. The normalized spacial score (nSPS) is 12.9. The Morgan fingerprint density at radius 2 is 2.27 bits per heavy atom. The van der Waals surface area contributed by atoms with Crippen LogP contribution in [-0.2, 0) is 4.79 Å². The van der Waals surface area contributed by atoms with Crippen molar-refractivity contribution in [3.05, 3.63) is 35.8 Å². The van der Waals surface area contributed by atoms with Crippen molar-refractivity contribution in [3.63, 3.8) is 0 Å². The number of carboxylic acid groups (broad SMARTS) is 1. The van der Waals surface area contributed by atoms with Crippen LogP contribution in [-0.4, -0.2) is 16.1 Å². The monoisotopic (exact) mass is 208 g/mol. The van der Waals surface area contributed by atoms with E-state index in [0.29, 0.717) is 16.5 Å². The van der Waals surface area contributed by atoms with Crippen molar-refractivity contribution in [1.82, 2.24) is 4.98 Å². The minimum absolute atomic E-state index is 0.375. The third kappa shape index (κ3) is 1.57. The number of fused-ring (bicyclic) bond motifs is 1. The van der Waals surface area contributed by atoms with Gasteiger partial charge in [-0.3, -0.25) is 4.79 Å². The maximum absolute atomic E-state index is 12.8. The van der Waals surface area contributed by atoms with Gasteiger partial charge < -0.3 is 15.8 Å². The van der Waals surface area contributed by atoms with Crippen molar-refractivity contribution >= 4 is 16.9 Å². The first-order valence-electron chi connectivity index (χ1n) is 4.34. The van der Waals surface area contributed by atoms with Crippen molar-refractivity contribution in [2.45, 2.75) is 6.04 Å². The number of carboxylic acids is 1. The molecule has 1 aromatic carbocycles. The van der Waals surface area contributed by atoms with Crippen LogP contribution in [0.25, 0.3) is 10.9 Å². The fourth-order valence-electron chi connectivity index (χ4n) is 1.51. The maximum atomic E-state index is 12.8. The SMILES string of the molecule is N[C@@H](C(=O)O)c1c[nH]c2cc(F)ccc12. The van der Waals surface area contributed by atoms with E-state index >= 15 is 0 Å². The number of benzene rings is 1. The van der Waals surface area contributed by atoms with Crippen LogP contribution in [0.3, 0.4) is 0 Å². The molecule has 0 aliphatic heterocycles. The molecular weight excluding hydrogens is 199 g/mol. The third-order valence-corrected chi connectivity index (χ3v) is 2.28.